The number of nitrogens with two attached hydrogens (primary N) is 1. The van der Waals surface area contributed by atoms with Crippen LogP contribution < -0.4 is 5.73 Å². The van der Waals surface area contributed by atoms with Crippen molar-refractivity contribution in [3.8, 4) is 0 Å². The van der Waals surface area contributed by atoms with Crippen molar-refractivity contribution in [1.82, 2.24) is 9.80 Å². The summed E-state index contributed by atoms with van der Waals surface area (Å²) in [6.07, 6.45) is 3.64. The molecule has 126 valence electrons. The molecule has 2 N–H and O–H groups in total. The SMILES string of the molecule is CCN1CC(c2ccccc2)CC2(CCN(CC(N)=O)CC2)C1. The van der Waals surface area contributed by atoms with Crippen molar-refractivity contribution in [2.75, 3.05) is 39.3 Å². The van der Waals surface area contributed by atoms with E-state index in [2.05, 4.69) is 47.1 Å². The zero-order chi connectivity index (χ0) is 16.3. The van der Waals surface area contributed by atoms with Gasteiger partial charge in [0.05, 0.1) is 6.54 Å². The lowest BCUT2D eigenvalue weighted by atomic mass is 9.68. The molecule has 2 fully saturated rings. The predicted octanol–water partition coefficient (Wildman–Crippen LogP) is 2.06. The van der Waals surface area contributed by atoms with Gasteiger partial charge in [-0.2, -0.15) is 0 Å². The van der Waals surface area contributed by atoms with E-state index in [9.17, 15) is 4.79 Å². The number of benzene rings is 1. The third-order valence-corrected chi connectivity index (χ3v) is 5.73. The van der Waals surface area contributed by atoms with Crippen LogP contribution in [0.5, 0.6) is 0 Å². The smallest absolute Gasteiger partial charge is 0.231 e. The standard InChI is InChI=1S/C19H29N3O/c1-2-21-13-17(16-6-4-3-5-7-16)12-19(15-21)8-10-22(11-9-19)14-18(20)23/h3-7,17H,2,8-15H2,1H3,(H2,20,23). The molecule has 4 heteroatoms. The lowest BCUT2D eigenvalue weighted by molar-refractivity contribution is -0.120. The van der Waals surface area contributed by atoms with Gasteiger partial charge in [-0.15, -0.1) is 0 Å². The molecule has 0 aliphatic carbocycles. The van der Waals surface area contributed by atoms with Gasteiger partial charge in [-0.3, -0.25) is 9.69 Å². The van der Waals surface area contributed by atoms with E-state index in [0.717, 1.165) is 19.6 Å². The number of hydrogen-bond acceptors (Lipinski definition) is 3. The highest BCUT2D eigenvalue weighted by Gasteiger charge is 2.41. The number of hydrogen-bond donors (Lipinski definition) is 1. The van der Waals surface area contributed by atoms with Crippen LogP contribution in [0.1, 0.15) is 37.7 Å². The van der Waals surface area contributed by atoms with Gasteiger partial charge in [0.15, 0.2) is 0 Å². The Labute approximate surface area is 139 Å². The molecule has 4 nitrogen and oxygen atoms in total. The summed E-state index contributed by atoms with van der Waals surface area (Å²) < 4.78 is 0. The topological polar surface area (TPSA) is 49.6 Å². The lowest BCUT2D eigenvalue weighted by Crippen LogP contribution is -2.52. The van der Waals surface area contributed by atoms with Crippen molar-refractivity contribution in [1.29, 1.82) is 0 Å². The number of amides is 1. The van der Waals surface area contributed by atoms with E-state index in [4.69, 9.17) is 5.73 Å². The minimum Gasteiger partial charge on any atom is -0.369 e. The molecule has 1 unspecified atom stereocenters. The normalized spacial score (nSPS) is 25.5. The van der Waals surface area contributed by atoms with Gasteiger partial charge in [-0.25, -0.2) is 0 Å². The number of rotatable bonds is 4. The zero-order valence-corrected chi connectivity index (χ0v) is 14.2. The maximum absolute atomic E-state index is 11.1. The molecular formula is C19H29N3O. The molecule has 1 atom stereocenters. The second-order valence-corrected chi connectivity index (χ2v) is 7.38. The van der Waals surface area contributed by atoms with Crippen molar-refractivity contribution >= 4 is 5.91 Å². The second kappa shape index (κ2) is 7.02. The van der Waals surface area contributed by atoms with Crippen molar-refractivity contribution in [3.05, 3.63) is 35.9 Å². The van der Waals surface area contributed by atoms with Gasteiger partial charge in [0, 0.05) is 13.1 Å². The molecule has 2 aliphatic rings. The number of piperidine rings is 2. The fourth-order valence-corrected chi connectivity index (χ4v) is 4.46. The molecule has 23 heavy (non-hydrogen) atoms. The number of carbonyl (C=O) groups is 1. The summed E-state index contributed by atoms with van der Waals surface area (Å²) in [7, 11) is 0. The molecule has 1 aromatic carbocycles. The van der Waals surface area contributed by atoms with E-state index >= 15 is 0 Å². The molecule has 0 radical (unpaired) electrons. The van der Waals surface area contributed by atoms with E-state index in [1.54, 1.807) is 0 Å². The Morgan fingerprint density at radius 3 is 2.52 bits per heavy atom. The monoisotopic (exact) mass is 315 g/mol. The summed E-state index contributed by atoms with van der Waals surface area (Å²) >= 11 is 0. The fraction of sp³-hybridized carbons (Fsp3) is 0.632. The van der Waals surface area contributed by atoms with Gasteiger partial charge in [-0.1, -0.05) is 37.3 Å². The maximum Gasteiger partial charge on any atom is 0.231 e. The van der Waals surface area contributed by atoms with Crippen LogP contribution in [0.3, 0.4) is 0 Å². The van der Waals surface area contributed by atoms with E-state index in [0.29, 0.717) is 17.9 Å². The Morgan fingerprint density at radius 2 is 1.91 bits per heavy atom. The van der Waals surface area contributed by atoms with Crippen LogP contribution in [0, 0.1) is 5.41 Å². The van der Waals surface area contributed by atoms with Gasteiger partial charge in [0.25, 0.3) is 0 Å². The first-order valence-electron chi connectivity index (χ1n) is 8.88. The summed E-state index contributed by atoms with van der Waals surface area (Å²) in [6, 6.07) is 11.0. The Bertz CT molecular complexity index is 523. The highest BCUT2D eigenvalue weighted by Crippen LogP contribution is 2.44. The molecule has 1 spiro atoms. The molecule has 1 amide bonds. The van der Waals surface area contributed by atoms with Gasteiger partial charge in [0.1, 0.15) is 0 Å². The van der Waals surface area contributed by atoms with Crippen LogP contribution in [-0.2, 0) is 4.79 Å². The Morgan fingerprint density at radius 1 is 1.22 bits per heavy atom. The first-order chi connectivity index (χ1) is 11.1. The van der Waals surface area contributed by atoms with Crippen molar-refractivity contribution in [2.45, 2.75) is 32.1 Å². The second-order valence-electron chi connectivity index (χ2n) is 7.38. The number of carbonyl (C=O) groups excluding carboxylic acids is 1. The Hall–Kier alpha value is -1.39. The first-order valence-corrected chi connectivity index (χ1v) is 8.88. The molecule has 1 aromatic rings. The number of likely N-dealkylation sites (tertiary alicyclic amines) is 2. The summed E-state index contributed by atoms with van der Waals surface area (Å²) in [4.78, 5) is 16.0. The predicted molar refractivity (Wildman–Crippen MR) is 93.2 cm³/mol. The van der Waals surface area contributed by atoms with Crippen LogP contribution in [0.4, 0.5) is 0 Å². The van der Waals surface area contributed by atoms with Crippen molar-refractivity contribution < 1.29 is 4.79 Å². The van der Waals surface area contributed by atoms with Gasteiger partial charge < -0.3 is 10.6 Å². The molecule has 0 bridgehead atoms. The fourth-order valence-electron chi connectivity index (χ4n) is 4.46. The Kier molecular flexibility index (Phi) is 5.02. The van der Waals surface area contributed by atoms with Crippen LogP contribution in [0.2, 0.25) is 0 Å². The lowest BCUT2D eigenvalue weighted by Gasteiger charge is -2.50. The van der Waals surface area contributed by atoms with E-state index in [1.807, 2.05) is 0 Å². The zero-order valence-electron chi connectivity index (χ0n) is 14.2. The van der Waals surface area contributed by atoms with Gasteiger partial charge in [0.2, 0.25) is 5.91 Å². The van der Waals surface area contributed by atoms with E-state index in [-0.39, 0.29) is 5.91 Å². The van der Waals surface area contributed by atoms with Crippen LogP contribution in [-0.4, -0.2) is 55.0 Å². The average molecular weight is 315 g/mol. The quantitative estimate of drug-likeness (QED) is 0.925. The summed E-state index contributed by atoms with van der Waals surface area (Å²) in [5.41, 5.74) is 7.23. The third kappa shape index (κ3) is 3.93. The Balaban J connectivity index is 1.70. The molecule has 0 aromatic heterocycles. The summed E-state index contributed by atoms with van der Waals surface area (Å²) in [6.45, 7) is 8.18. The molecule has 2 heterocycles. The molecular weight excluding hydrogens is 286 g/mol. The largest absolute Gasteiger partial charge is 0.369 e. The first kappa shape index (κ1) is 16.5. The van der Waals surface area contributed by atoms with E-state index < -0.39 is 0 Å². The summed E-state index contributed by atoms with van der Waals surface area (Å²) in [5, 5.41) is 0. The van der Waals surface area contributed by atoms with Gasteiger partial charge >= 0.3 is 0 Å². The van der Waals surface area contributed by atoms with E-state index in [1.165, 1.54) is 37.9 Å². The highest BCUT2D eigenvalue weighted by molar-refractivity contribution is 5.75. The highest BCUT2D eigenvalue weighted by atomic mass is 16.1. The average Bonchev–Trinajstić information content (AvgIpc) is 2.57. The third-order valence-electron chi connectivity index (χ3n) is 5.73. The summed E-state index contributed by atoms with van der Waals surface area (Å²) in [5.74, 6) is 0.425. The van der Waals surface area contributed by atoms with Crippen molar-refractivity contribution in [2.24, 2.45) is 11.1 Å². The van der Waals surface area contributed by atoms with Crippen molar-refractivity contribution in [3.63, 3.8) is 0 Å². The minimum atomic E-state index is -0.207. The number of nitrogens with zero attached hydrogens (tertiary/aromatic N) is 2. The molecule has 2 aliphatic heterocycles. The maximum atomic E-state index is 11.1. The van der Waals surface area contributed by atoms with Crippen LogP contribution in [0.15, 0.2) is 30.3 Å². The van der Waals surface area contributed by atoms with Gasteiger partial charge in [-0.05, 0) is 55.8 Å². The number of likely N-dealkylation sites (N-methyl/N-ethyl adjacent to an activating group) is 1. The molecule has 3 rings (SSSR count). The molecule has 0 saturated carbocycles. The minimum absolute atomic E-state index is 0.207. The number of primary amides is 1. The van der Waals surface area contributed by atoms with Crippen LogP contribution in [0.25, 0.3) is 0 Å². The van der Waals surface area contributed by atoms with Crippen LogP contribution >= 0.6 is 0 Å². The molecule has 2 saturated heterocycles.